The minimum atomic E-state index is -0.313. The van der Waals surface area contributed by atoms with Crippen LogP contribution in [0.3, 0.4) is 0 Å². The Morgan fingerprint density at radius 1 is 1.15 bits per heavy atom. The second-order valence-corrected chi connectivity index (χ2v) is 8.43. The first-order chi connectivity index (χ1) is 15.9. The third-order valence-electron chi connectivity index (χ3n) is 5.22. The van der Waals surface area contributed by atoms with Crippen LogP contribution in [0.25, 0.3) is 11.5 Å². The maximum atomic E-state index is 12.7. The predicted octanol–water partition coefficient (Wildman–Crippen LogP) is 5.32. The zero-order chi connectivity index (χ0) is 23.5. The Morgan fingerprint density at radius 3 is 2.61 bits per heavy atom. The van der Waals surface area contributed by atoms with Gasteiger partial charge in [0.1, 0.15) is 17.2 Å². The molecule has 2 heterocycles. The number of hydrogen-bond donors (Lipinski definition) is 1. The molecule has 0 unspecified atom stereocenters. The Morgan fingerprint density at radius 2 is 1.91 bits per heavy atom. The van der Waals surface area contributed by atoms with Crippen LogP contribution in [-0.2, 0) is 6.54 Å². The second kappa shape index (κ2) is 9.58. The van der Waals surface area contributed by atoms with E-state index in [1.807, 2.05) is 70.2 Å². The van der Waals surface area contributed by atoms with Crippen molar-refractivity contribution in [2.24, 2.45) is 0 Å². The van der Waals surface area contributed by atoms with E-state index >= 15 is 0 Å². The van der Waals surface area contributed by atoms with Gasteiger partial charge >= 0.3 is 0 Å². The zero-order valence-electron chi connectivity index (χ0n) is 18.8. The SMILES string of the molecule is CCOc1ccc(-c2nc(Cn3nnc(C(=O)Nc4ccc(Br)c(C)c4)c3C)c(C)o2)cc1. The van der Waals surface area contributed by atoms with Crippen molar-refractivity contribution in [3.8, 4) is 17.2 Å². The van der Waals surface area contributed by atoms with Crippen molar-refractivity contribution in [1.82, 2.24) is 20.0 Å². The Labute approximate surface area is 200 Å². The fourth-order valence-corrected chi connectivity index (χ4v) is 3.58. The third-order valence-corrected chi connectivity index (χ3v) is 6.11. The van der Waals surface area contributed by atoms with Gasteiger partial charge in [-0.15, -0.1) is 5.10 Å². The molecule has 0 saturated carbocycles. The molecule has 170 valence electrons. The minimum Gasteiger partial charge on any atom is -0.494 e. The highest BCUT2D eigenvalue weighted by molar-refractivity contribution is 9.10. The lowest BCUT2D eigenvalue weighted by Gasteiger charge is -2.06. The van der Waals surface area contributed by atoms with Crippen LogP contribution < -0.4 is 10.1 Å². The van der Waals surface area contributed by atoms with Gasteiger partial charge in [0.15, 0.2) is 5.69 Å². The summed E-state index contributed by atoms with van der Waals surface area (Å²) in [5.74, 6) is 1.69. The van der Waals surface area contributed by atoms with E-state index in [0.29, 0.717) is 36.2 Å². The van der Waals surface area contributed by atoms with E-state index in [1.165, 1.54) is 0 Å². The highest BCUT2D eigenvalue weighted by Gasteiger charge is 2.19. The van der Waals surface area contributed by atoms with Gasteiger partial charge in [-0.3, -0.25) is 4.79 Å². The highest BCUT2D eigenvalue weighted by Crippen LogP contribution is 2.25. The predicted molar refractivity (Wildman–Crippen MR) is 129 cm³/mol. The van der Waals surface area contributed by atoms with Crippen LogP contribution in [0.4, 0.5) is 5.69 Å². The number of aromatic nitrogens is 4. The van der Waals surface area contributed by atoms with Crippen LogP contribution in [0.1, 0.15) is 40.1 Å². The number of halogens is 1. The Balaban J connectivity index is 1.50. The largest absolute Gasteiger partial charge is 0.494 e. The number of carbonyl (C=O) groups is 1. The summed E-state index contributed by atoms with van der Waals surface area (Å²) < 4.78 is 14.0. The number of ether oxygens (including phenoxy) is 1. The van der Waals surface area contributed by atoms with Gasteiger partial charge in [0, 0.05) is 15.7 Å². The van der Waals surface area contributed by atoms with Gasteiger partial charge in [-0.25, -0.2) is 9.67 Å². The minimum absolute atomic E-state index is 0.267. The molecular formula is C24H24BrN5O3. The summed E-state index contributed by atoms with van der Waals surface area (Å²) in [4.78, 5) is 17.4. The van der Waals surface area contributed by atoms with Crippen molar-refractivity contribution in [3.05, 3.63) is 75.3 Å². The summed E-state index contributed by atoms with van der Waals surface area (Å²) in [5, 5.41) is 11.1. The van der Waals surface area contributed by atoms with E-state index in [0.717, 1.165) is 27.0 Å². The fourth-order valence-electron chi connectivity index (χ4n) is 3.33. The number of hydrogen-bond acceptors (Lipinski definition) is 6. The molecule has 0 aliphatic rings. The Bertz CT molecular complexity index is 1290. The first-order valence-corrected chi connectivity index (χ1v) is 11.3. The standard InChI is InChI=1S/C24H24BrN5O3/c1-5-32-19-9-6-17(7-10-19)24-27-21(16(4)33-24)13-30-15(3)22(28-29-30)23(31)26-18-8-11-20(25)14(2)12-18/h6-12H,5,13H2,1-4H3,(H,26,31). The highest BCUT2D eigenvalue weighted by atomic mass is 79.9. The Kier molecular flexibility index (Phi) is 6.60. The molecule has 0 fully saturated rings. The van der Waals surface area contributed by atoms with Crippen LogP contribution in [-0.4, -0.2) is 32.5 Å². The summed E-state index contributed by atoms with van der Waals surface area (Å²) in [6.45, 7) is 8.53. The molecule has 0 saturated heterocycles. The smallest absolute Gasteiger partial charge is 0.278 e. The number of aryl methyl sites for hydroxylation is 2. The normalized spacial score (nSPS) is 10.9. The van der Waals surface area contributed by atoms with E-state index in [2.05, 4.69) is 36.5 Å². The molecule has 1 N–H and O–H groups in total. The maximum Gasteiger partial charge on any atom is 0.278 e. The molecule has 0 aliphatic heterocycles. The molecule has 0 radical (unpaired) electrons. The van der Waals surface area contributed by atoms with Crippen molar-refractivity contribution >= 4 is 27.5 Å². The van der Waals surface area contributed by atoms with Crippen LogP contribution in [0, 0.1) is 20.8 Å². The summed E-state index contributed by atoms with van der Waals surface area (Å²) in [7, 11) is 0. The average molecular weight is 510 g/mol. The van der Waals surface area contributed by atoms with Crippen molar-refractivity contribution in [3.63, 3.8) is 0 Å². The molecule has 0 spiro atoms. The first-order valence-electron chi connectivity index (χ1n) is 10.5. The molecular weight excluding hydrogens is 486 g/mol. The van der Waals surface area contributed by atoms with E-state index < -0.39 is 0 Å². The molecule has 9 heteroatoms. The quantitative estimate of drug-likeness (QED) is 0.362. The van der Waals surface area contributed by atoms with Gasteiger partial charge in [0.25, 0.3) is 5.91 Å². The average Bonchev–Trinajstić information content (AvgIpc) is 3.34. The van der Waals surface area contributed by atoms with E-state index in [4.69, 9.17) is 9.15 Å². The molecule has 1 amide bonds. The number of rotatable bonds is 7. The van der Waals surface area contributed by atoms with Crippen molar-refractivity contribution < 1.29 is 13.9 Å². The molecule has 0 bridgehead atoms. The van der Waals surface area contributed by atoms with Crippen molar-refractivity contribution in [1.29, 1.82) is 0 Å². The van der Waals surface area contributed by atoms with Crippen molar-refractivity contribution in [2.75, 3.05) is 11.9 Å². The molecule has 2 aromatic heterocycles. The van der Waals surface area contributed by atoms with Gasteiger partial charge in [0.05, 0.1) is 18.8 Å². The van der Waals surface area contributed by atoms with Gasteiger partial charge in [-0.1, -0.05) is 21.1 Å². The molecule has 33 heavy (non-hydrogen) atoms. The number of nitrogens with zero attached hydrogens (tertiary/aromatic N) is 4. The molecule has 4 aromatic rings. The molecule has 8 nitrogen and oxygen atoms in total. The molecule has 2 aromatic carbocycles. The molecule has 0 atom stereocenters. The topological polar surface area (TPSA) is 95.1 Å². The van der Waals surface area contributed by atoms with Crippen molar-refractivity contribution in [2.45, 2.75) is 34.2 Å². The summed E-state index contributed by atoms with van der Waals surface area (Å²) in [6, 6.07) is 13.2. The van der Waals surface area contributed by atoms with Gasteiger partial charge in [-0.05, 0) is 75.7 Å². The number of anilines is 1. The first kappa shape index (κ1) is 22.7. The third kappa shape index (κ3) is 4.98. The van der Waals surface area contributed by atoms with E-state index in [-0.39, 0.29) is 11.6 Å². The van der Waals surface area contributed by atoms with Gasteiger partial charge in [-0.2, -0.15) is 0 Å². The van der Waals surface area contributed by atoms with Gasteiger partial charge in [0.2, 0.25) is 5.89 Å². The maximum absolute atomic E-state index is 12.7. The molecule has 4 rings (SSSR count). The number of nitrogens with one attached hydrogen (secondary N) is 1. The number of benzene rings is 2. The van der Waals surface area contributed by atoms with Crippen LogP contribution in [0.2, 0.25) is 0 Å². The van der Waals surface area contributed by atoms with E-state index in [1.54, 1.807) is 4.68 Å². The lowest BCUT2D eigenvalue weighted by Crippen LogP contribution is -2.14. The summed E-state index contributed by atoms with van der Waals surface area (Å²) in [6.07, 6.45) is 0. The second-order valence-electron chi connectivity index (χ2n) is 7.58. The van der Waals surface area contributed by atoms with E-state index in [9.17, 15) is 4.79 Å². The van der Waals surface area contributed by atoms with Crippen LogP contribution >= 0.6 is 15.9 Å². The number of carbonyl (C=O) groups excluding carboxylic acids is 1. The lowest BCUT2D eigenvalue weighted by molar-refractivity contribution is 0.102. The summed E-state index contributed by atoms with van der Waals surface area (Å²) in [5.41, 5.74) is 4.21. The monoisotopic (exact) mass is 509 g/mol. The van der Waals surface area contributed by atoms with Crippen LogP contribution in [0.15, 0.2) is 51.4 Å². The summed E-state index contributed by atoms with van der Waals surface area (Å²) >= 11 is 3.46. The lowest BCUT2D eigenvalue weighted by atomic mass is 10.2. The van der Waals surface area contributed by atoms with Gasteiger partial charge < -0.3 is 14.5 Å². The fraction of sp³-hybridized carbons (Fsp3) is 0.250. The zero-order valence-corrected chi connectivity index (χ0v) is 20.4. The van der Waals surface area contributed by atoms with Crippen LogP contribution in [0.5, 0.6) is 5.75 Å². The Hall–Kier alpha value is -3.46. The molecule has 0 aliphatic carbocycles. The number of amides is 1. The number of oxazole rings is 1.